The van der Waals surface area contributed by atoms with E-state index in [1.54, 1.807) is 56.7 Å². The predicted molar refractivity (Wildman–Crippen MR) is 125 cm³/mol. The zero-order valence-corrected chi connectivity index (χ0v) is 18.6. The Kier molecular flexibility index (Phi) is 6.31. The molecule has 1 aliphatic rings. The Morgan fingerprint density at radius 1 is 0.758 bits per heavy atom. The maximum atomic E-state index is 13.4. The van der Waals surface area contributed by atoms with Gasteiger partial charge >= 0.3 is 0 Å². The van der Waals surface area contributed by atoms with Gasteiger partial charge < -0.3 is 19.5 Å². The van der Waals surface area contributed by atoms with Crippen LogP contribution in [-0.2, 0) is 16.1 Å². The van der Waals surface area contributed by atoms with E-state index >= 15 is 0 Å². The number of nitrogens with zero attached hydrogens (tertiary/aromatic N) is 1. The van der Waals surface area contributed by atoms with Crippen LogP contribution in [0.3, 0.4) is 0 Å². The van der Waals surface area contributed by atoms with Gasteiger partial charge in [0.1, 0.15) is 11.4 Å². The predicted octanol–water partition coefficient (Wildman–Crippen LogP) is 4.10. The first-order chi connectivity index (χ1) is 16.0. The van der Waals surface area contributed by atoms with E-state index in [1.807, 2.05) is 30.3 Å². The van der Waals surface area contributed by atoms with Gasteiger partial charge in [0.2, 0.25) is 0 Å². The molecule has 1 N–H and O–H groups in total. The lowest BCUT2D eigenvalue weighted by Gasteiger charge is -2.16. The first-order valence-corrected chi connectivity index (χ1v) is 10.3. The minimum Gasteiger partial charge on any atom is -0.497 e. The minimum atomic E-state index is -0.399. The normalized spacial score (nSPS) is 13.4. The second-order valence-electron chi connectivity index (χ2n) is 7.36. The number of hydrogen-bond donors (Lipinski definition) is 1. The van der Waals surface area contributed by atoms with E-state index in [0.717, 1.165) is 5.56 Å². The third kappa shape index (κ3) is 4.39. The highest BCUT2D eigenvalue weighted by Gasteiger charge is 2.39. The van der Waals surface area contributed by atoms with Crippen LogP contribution in [0.1, 0.15) is 11.1 Å². The summed E-state index contributed by atoms with van der Waals surface area (Å²) in [5.41, 5.74) is 2.58. The summed E-state index contributed by atoms with van der Waals surface area (Å²) in [6.45, 7) is 0.176. The molecule has 0 saturated heterocycles. The maximum absolute atomic E-state index is 13.4. The SMILES string of the molecule is COc1ccc(C2=C(Nc3ccc(OC)c(OC)c3)C(=O)N(Cc3ccccc3)C2=O)cc1. The van der Waals surface area contributed by atoms with Crippen molar-refractivity contribution in [3.63, 3.8) is 0 Å². The van der Waals surface area contributed by atoms with E-state index in [2.05, 4.69) is 5.32 Å². The Labute approximate surface area is 192 Å². The number of ether oxygens (including phenoxy) is 3. The molecule has 0 radical (unpaired) electrons. The van der Waals surface area contributed by atoms with E-state index in [0.29, 0.717) is 34.1 Å². The van der Waals surface area contributed by atoms with Gasteiger partial charge in [0.25, 0.3) is 11.8 Å². The second kappa shape index (κ2) is 9.48. The van der Waals surface area contributed by atoms with Gasteiger partial charge in [-0.1, -0.05) is 42.5 Å². The number of anilines is 1. The van der Waals surface area contributed by atoms with Crippen molar-refractivity contribution in [1.82, 2.24) is 4.90 Å². The molecule has 0 aromatic heterocycles. The monoisotopic (exact) mass is 444 g/mol. The molecule has 4 rings (SSSR count). The van der Waals surface area contributed by atoms with E-state index in [4.69, 9.17) is 14.2 Å². The molecule has 7 nitrogen and oxygen atoms in total. The highest BCUT2D eigenvalue weighted by molar-refractivity contribution is 6.36. The number of rotatable bonds is 8. The van der Waals surface area contributed by atoms with Crippen LogP contribution in [0.5, 0.6) is 17.2 Å². The van der Waals surface area contributed by atoms with Crippen molar-refractivity contribution in [2.45, 2.75) is 6.54 Å². The van der Waals surface area contributed by atoms with Crippen LogP contribution in [0.15, 0.2) is 78.5 Å². The summed E-state index contributed by atoms with van der Waals surface area (Å²) in [5.74, 6) is 0.965. The van der Waals surface area contributed by atoms with Crippen molar-refractivity contribution in [2.24, 2.45) is 0 Å². The van der Waals surface area contributed by atoms with E-state index in [9.17, 15) is 9.59 Å². The van der Waals surface area contributed by atoms with Crippen LogP contribution in [0.4, 0.5) is 5.69 Å². The Bertz CT molecular complexity index is 1200. The summed E-state index contributed by atoms with van der Waals surface area (Å²) in [5, 5.41) is 3.14. The molecule has 1 aliphatic heterocycles. The lowest BCUT2D eigenvalue weighted by molar-refractivity contribution is -0.137. The van der Waals surface area contributed by atoms with Gasteiger partial charge in [0, 0.05) is 11.8 Å². The molecular weight excluding hydrogens is 420 g/mol. The van der Waals surface area contributed by atoms with E-state index in [-0.39, 0.29) is 18.1 Å². The standard InChI is InChI=1S/C26H24N2O5/c1-31-20-12-9-18(10-13-20)23-24(27-19-11-14-21(32-2)22(15-19)33-3)26(30)28(25(23)29)16-17-7-5-4-6-8-17/h4-15,27H,16H2,1-3H3. The van der Waals surface area contributed by atoms with Crippen molar-refractivity contribution in [3.05, 3.63) is 89.6 Å². The summed E-state index contributed by atoms with van der Waals surface area (Å²) >= 11 is 0. The zero-order chi connectivity index (χ0) is 23.4. The Hall–Kier alpha value is -4.26. The number of carbonyl (C=O) groups is 2. The van der Waals surface area contributed by atoms with Crippen LogP contribution in [-0.4, -0.2) is 38.0 Å². The molecule has 1 heterocycles. The highest BCUT2D eigenvalue weighted by atomic mass is 16.5. The maximum Gasteiger partial charge on any atom is 0.278 e. The Morgan fingerprint density at radius 3 is 2.09 bits per heavy atom. The van der Waals surface area contributed by atoms with Crippen LogP contribution in [0.25, 0.3) is 5.57 Å². The van der Waals surface area contributed by atoms with Crippen molar-refractivity contribution in [1.29, 1.82) is 0 Å². The Balaban J connectivity index is 1.74. The van der Waals surface area contributed by atoms with Gasteiger partial charge in [-0.05, 0) is 35.4 Å². The van der Waals surface area contributed by atoms with E-state index < -0.39 is 5.91 Å². The van der Waals surface area contributed by atoms with Gasteiger partial charge in [-0.2, -0.15) is 0 Å². The number of carbonyl (C=O) groups excluding carboxylic acids is 2. The topological polar surface area (TPSA) is 77.1 Å². The molecule has 2 amide bonds. The average Bonchev–Trinajstić information content (AvgIpc) is 3.08. The molecule has 0 bridgehead atoms. The molecule has 0 aliphatic carbocycles. The molecule has 0 unspecified atom stereocenters. The summed E-state index contributed by atoms with van der Waals surface area (Å²) in [6.07, 6.45) is 0. The molecule has 3 aromatic rings. The molecular formula is C26H24N2O5. The van der Waals surface area contributed by atoms with Gasteiger partial charge in [-0.25, -0.2) is 0 Å². The minimum absolute atomic E-state index is 0.176. The fraction of sp³-hybridized carbons (Fsp3) is 0.154. The zero-order valence-electron chi connectivity index (χ0n) is 18.6. The fourth-order valence-electron chi connectivity index (χ4n) is 3.69. The van der Waals surface area contributed by atoms with Crippen LogP contribution in [0.2, 0.25) is 0 Å². The first-order valence-electron chi connectivity index (χ1n) is 10.3. The summed E-state index contributed by atoms with van der Waals surface area (Å²) in [4.78, 5) is 28.1. The third-order valence-corrected chi connectivity index (χ3v) is 5.38. The van der Waals surface area contributed by atoms with Gasteiger partial charge in [0.05, 0.1) is 33.4 Å². The molecule has 0 atom stereocenters. The summed E-state index contributed by atoms with van der Waals surface area (Å²) < 4.78 is 15.9. The van der Waals surface area contributed by atoms with Crippen molar-refractivity contribution in [2.75, 3.05) is 26.6 Å². The molecule has 0 fully saturated rings. The van der Waals surface area contributed by atoms with Crippen molar-refractivity contribution in [3.8, 4) is 17.2 Å². The second-order valence-corrected chi connectivity index (χ2v) is 7.36. The smallest absolute Gasteiger partial charge is 0.278 e. The van der Waals surface area contributed by atoms with Crippen LogP contribution in [0, 0.1) is 0 Å². The number of imide groups is 1. The molecule has 3 aromatic carbocycles. The molecule has 33 heavy (non-hydrogen) atoms. The summed E-state index contributed by atoms with van der Waals surface area (Å²) in [7, 11) is 4.66. The summed E-state index contributed by atoms with van der Waals surface area (Å²) in [6, 6.07) is 21.7. The number of amides is 2. The lowest BCUT2D eigenvalue weighted by atomic mass is 10.0. The fourth-order valence-corrected chi connectivity index (χ4v) is 3.69. The average molecular weight is 444 g/mol. The number of hydrogen-bond acceptors (Lipinski definition) is 6. The van der Waals surface area contributed by atoms with Gasteiger partial charge in [-0.3, -0.25) is 14.5 Å². The lowest BCUT2D eigenvalue weighted by Crippen LogP contribution is -2.31. The van der Waals surface area contributed by atoms with Crippen LogP contribution < -0.4 is 19.5 Å². The van der Waals surface area contributed by atoms with E-state index in [1.165, 1.54) is 12.0 Å². The molecule has 168 valence electrons. The Morgan fingerprint density at radius 2 is 1.45 bits per heavy atom. The molecule has 0 spiro atoms. The number of nitrogens with one attached hydrogen (secondary N) is 1. The van der Waals surface area contributed by atoms with Crippen molar-refractivity contribution < 1.29 is 23.8 Å². The largest absolute Gasteiger partial charge is 0.497 e. The number of benzene rings is 3. The first kappa shape index (κ1) is 22.0. The quantitative estimate of drug-likeness (QED) is 0.527. The van der Waals surface area contributed by atoms with Crippen LogP contribution >= 0.6 is 0 Å². The third-order valence-electron chi connectivity index (χ3n) is 5.38. The highest BCUT2D eigenvalue weighted by Crippen LogP contribution is 2.35. The molecule has 0 saturated carbocycles. The number of methoxy groups -OCH3 is 3. The van der Waals surface area contributed by atoms with Gasteiger partial charge in [0.15, 0.2) is 11.5 Å². The van der Waals surface area contributed by atoms with Crippen molar-refractivity contribution >= 4 is 23.1 Å². The van der Waals surface area contributed by atoms with Gasteiger partial charge in [-0.15, -0.1) is 0 Å². The molecule has 7 heteroatoms.